The van der Waals surface area contributed by atoms with Gasteiger partial charge in [-0.2, -0.15) is 0 Å². The third-order valence-corrected chi connectivity index (χ3v) is 6.46. The molecule has 5 rings (SSSR count). The van der Waals surface area contributed by atoms with Gasteiger partial charge < -0.3 is 19.5 Å². The number of pyridine rings is 1. The van der Waals surface area contributed by atoms with Crippen molar-refractivity contribution in [3.05, 3.63) is 78.1 Å². The Morgan fingerprint density at radius 3 is 2.46 bits per heavy atom. The summed E-state index contributed by atoms with van der Waals surface area (Å²) in [6.07, 6.45) is 4.35. The Hall–Kier alpha value is -4.39. The topological polar surface area (TPSA) is 86.8 Å². The summed E-state index contributed by atoms with van der Waals surface area (Å²) in [4.78, 5) is 29.7. The molecule has 1 aliphatic rings. The lowest BCUT2D eigenvalue weighted by Gasteiger charge is -2.28. The molecule has 7 heteroatoms. The molecule has 0 unspecified atom stereocenters. The first-order valence-corrected chi connectivity index (χ1v) is 12.0. The molecule has 1 amide bonds. The van der Waals surface area contributed by atoms with Gasteiger partial charge in [-0.1, -0.05) is 26.0 Å². The molecule has 0 saturated carbocycles. The predicted molar refractivity (Wildman–Crippen MR) is 142 cm³/mol. The highest BCUT2D eigenvalue weighted by Gasteiger charge is 2.28. The molecule has 1 aromatic heterocycles. The zero-order valence-electron chi connectivity index (χ0n) is 21.3. The molecule has 188 valence electrons. The lowest BCUT2D eigenvalue weighted by molar-refractivity contribution is -0.117. The van der Waals surface area contributed by atoms with Crippen LogP contribution in [0.2, 0.25) is 0 Å². The van der Waals surface area contributed by atoms with Gasteiger partial charge in [-0.25, -0.2) is 0 Å². The van der Waals surface area contributed by atoms with E-state index < -0.39 is 0 Å². The highest BCUT2D eigenvalue weighted by Crippen LogP contribution is 2.38. The van der Waals surface area contributed by atoms with E-state index in [9.17, 15) is 9.59 Å². The standard InChI is InChI=1S/C30H28N2O5/c1-30(2)16-19(13-20(33)17-30)32-29(34)23-7-5-6-18-12-21(8-9-22(18)23)37-26-10-11-31-25-15-28(36-4)27(35-3)14-24(25)26/h5-15H,16-17H2,1-4H3,(H,32,34). The molecule has 0 spiro atoms. The number of hydrogen-bond acceptors (Lipinski definition) is 6. The van der Waals surface area contributed by atoms with E-state index in [0.717, 1.165) is 16.2 Å². The molecule has 0 saturated heterocycles. The van der Waals surface area contributed by atoms with Gasteiger partial charge in [0, 0.05) is 41.4 Å². The minimum atomic E-state index is -0.239. The smallest absolute Gasteiger partial charge is 0.256 e. The van der Waals surface area contributed by atoms with Crippen LogP contribution in [0.15, 0.2) is 72.6 Å². The Balaban J connectivity index is 1.44. The lowest BCUT2D eigenvalue weighted by Crippen LogP contribution is -2.31. The number of carbonyl (C=O) groups is 2. The monoisotopic (exact) mass is 496 g/mol. The molecule has 0 radical (unpaired) electrons. The highest BCUT2D eigenvalue weighted by molar-refractivity contribution is 6.08. The quantitative estimate of drug-likeness (QED) is 0.342. The van der Waals surface area contributed by atoms with Gasteiger partial charge in [0.1, 0.15) is 11.5 Å². The minimum absolute atomic E-state index is 0.0333. The summed E-state index contributed by atoms with van der Waals surface area (Å²) in [7, 11) is 3.17. The molecule has 0 atom stereocenters. The number of allylic oxidation sites excluding steroid dienone is 2. The number of rotatable bonds is 6. The largest absolute Gasteiger partial charge is 0.493 e. The maximum Gasteiger partial charge on any atom is 0.256 e. The van der Waals surface area contributed by atoms with Crippen LogP contribution in [-0.4, -0.2) is 30.9 Å². The van der Waals surface area contributed by atoms with Crippen molar-refractivity contribution in [2.24, 2.45) is 5.41 Å². The van der Waals surface area contributed by atoms with Crippen molar-refractivity contribution in [2.45, 2.75) is 26.7 Å². The summed E-state index contributed by atoms with van der Waals surface area (Å²) in [5.41, 5.74) is 1.73. The van der Waals surface area contributed by atoms with Gasteiger partial charge in [-0.15, -0.1) is 0 Å². The van der Waals surface area contributed by atoms with Gasteiger partial charge in [0.15, 0.2) is 17.3 Å². The average Bonchev–Trinajstić information content (AvgIpc) is 2.86. The SMILES string of the molecule is COc1cc2nccc(Oc3ccc4c(C(=O)NC5=CC(=O)CC(C)(C)C5)cccc4c3)c2cc1OC. The van der Waals surface area contributed by atoms with Crippen molar-refractivity contribution in [3.63, 3.8) is 0 Å². The third-order valence-electron chi connectivity index (χ3n) is 6.46. The molecular formula is C30H28N2O5. The summed E-state index contributed by atoms with van der Waals surface area (Å²) < 4.78 is 17.1. The van der Waals surface area contributed by atoms with Crippen LogP contribution in [0, 0.1) is 5.41 Å². The van der Waals surface area contributed by atoms with Gasteiger partial charge >= 0.3 is 0 Å². The number of amides is 1. The van der Waals surface area contributed by atoms with Crippen LogP contribution >= 0.6 is 0 Å². The second kappa shape index (κ2) is 9.58. The van der Waals surface area contributed by atoms with Crippen LogP contribution in [0.4, 0.5) is 0 Å². The Bertz CT molecular complexity index is 1570. The highest BCUT2D eigenvalue weighted by atomic mass is 16.5. The number of nitrogens with zero attached hydrogens (tertiary/aromatic N) is 1. The molecular weight excluding hydrogens is 468 g/mol. The first kappa shape index (κ1) is 24.3. The number of nitrogens with one attached hydrogen (secondary N) is 1. The Morgan fingerprint density at radius 1 is 0.919 bits per heavy atom. The van der Waals surface area contributed by atoms with E-state index in [0.29, 0.717) is 52.6 Å². The van der Waals surface area contributed by atoms with E-state index in [2.05, 4.69) is 10.3 Å². The van der Waals surface area contributed by atoms with Crippen LogP contribution in [0.3, 0.4) is 0 Å². The second-order valence-electron chi connectivity index (χ2n) is 9.93. The summed E-state index contributed by atoms with van der Waals surface area (Å²) in [6.45, 7) is 4.06. The zero-order chi connectivity index (χ0) is 26.2. The fraction of sp³-hybridized carbons (Fsp3) is 0.233. The average molecular weight is 497 g/mol. The van der Waals surface area contributed by atoms with Gasteiger partial charge in [0.2, 0.25) is 0 Å². The maximum atomic E-state index is 13.2. The molecule has 0 bridgehead atoms. The molecule has 4 aromatic rings. The molecule has 1 heterocycles. The third kappa shape index (κ3) is 4.98. The van der Waals surface area contributed by atoms with Crippen LogP contribution in [0.1, 0.15) is 37.0 Å². The lowest BCUT2D eigenvalue weighted by atomic mass is 9.79. The van der Waals surface area contributed by atoms with Crippen molar-refractivity contribution in [3.8, 4) is 23.0 Å². The van der Waals surface area contributed by atoms with E-state index in [4.69, 9.17) is 14.2 Å². The van der Waals surface area contributed by atoms with Crippen LogP contribution in [-0.2, 0) is 4.79 Å². The minimum Gasteiger partial charge on any atom is -0.493 e. The number of hydrogen-bond donors (Lipinski definition) is 1. The van der Waals surface area contributed by atoms with Crippen LogP contribution < -0.4 is 19.5 Å². The normalized spacial score (nSPS) is 14.8. The predicted octanol–water partition coefficient (Wildman–Crippen LogP) is 6.20. The van der Waals surface area contributed by atoms with E-state index >= 15 is 0 Å². The van der Waals surface area contributed by atoms with E-state index in [1.807, 2.05) is 56.3 Å². The maximum absolute atomic E-state index is 13.2. The molecule has 3 aromatic carbocycles. The molecule has 1 aliphatic carbocycles. The number of carbonyl (C=O) groups excluding carboxylic acids is 2. The molecule has 0 fully saturated rings. The van der Waals surface area contributed by atoms with Crippen LogP contribution in [0.25, 0.3) is 21.7 Å². The van der Waals surface area contributed by atoms with Crippen molar-refractivity contribution in [2.75, 3.05) is 14.2 Å². The van der Waals surface area contributed by atoms with E-state index in [1.54, 1.807) is 38.6 Å². The Morgan fingerprint density at radius 2 is 1.70 bits per heavy atom. The number of benzene rings is 3. The van der Waals surface area contributed by atoms with Crippen LogP contribution in [0.5, 0.6) is 23.0 Å². The number of fused-ring (bicyclic) bond motifs is 2. The van der Waals surface area contributed by atoms with E-state index in [1.165, 1.54) is 0 Å². The number of ketones is 1. The zero-order valence-corrected chi connectivity index (χ0v) is 21.3. The van der Waals surface area contributed by atoms with Crippen molar-refractivity contribution in [1.82, 2.24) is 10.3 Å². The van der Waals surface area contributed by atoms with Gasteiger partial charge in [-0.3, -0.25) is 14.6 Å². The van der Waals surface area contributed by atoms with Gasteiger partial charge in [-0.05, 0) is 59.0 Å². The fourth-order valence-corrected chi connectivity index (χ4v) is 4.83. The Kier molecular flexibility index (Phi) is 6.29. The summed E-state index contributed by atoms with van der Waals surface area (Å²) in [5.74, 6) is 2.21. The summed E-state index contributed by atoms with van der Waals surface area (Å²) in [5, 5.41) is 5.38. The van der Waals surface area contributed by atoms with Crippen molar-refractivity contribution < 1.29 is 23.8 Å². The fourth-order valence-electron chi connectivity index (χ4n) is 4.83. The van der Waals surface area contributed by atoms with Gasteiger partial charge in [0.25, 0.3) is 5.91 Å². The van der Waals surface area contributed by atoms with Crippen molar-refractivity contribution in [1.29, 1.82) is 0 Å². The van der Waals surface area contributed by atoms with Crippen molar-refractivity contribution >= 4 is 33.4 Å². The second-order valence-corrected chi connectivity index (χ2v) is 9.93. The molecule has 7 nitrogen and oxygen atoms in total. The molecule has 1 N–H and O–H groups in total. The first-order chi connectivity index (χ1) is 17.8. The first-order valence-electron chi connectivity index (χ1n) is 12.0. The number of ether oxygens (including phenoxy) is 3. The molecule has 37 heavy (non-hydrogen) atoms. The number of aromatic nitrogens is 1. The van der Waals surface area contributed by atoms with E-state index in [-0.39, 0.29) is 17.1 Å². The Labute approximate surface area is 215 Å². The van der Waals surface area contributed by atoms with Gasteiger partial charge in [0.05, 0.1) is 19.7 Å². The molecule has 0 aliphatic heterocycles. The number of methoxy groups -OCH3 is 2. The summed E-state index contributed by atoms with van der Waals surface area (Å²) >= 11 is 0. The summed E-state index contributed by atoms with van der Waals surface area (Å²) in [6, 6.07) is 16.6.